The third kappa shape index (κ3) is 3.57. The topological polar surface area (TPSA) is 48.0 Å². The van der Waals surface area contributed by atoms with Gasteiger partial charge in [0.1, 0.15) is 11.3 Å². The van der Waals surface area contributed by atoms with Crippen molar-refractivity contribution in [2.75, 3.05) is 20.2 Å². The summed E-state index contributed by atoms with van der Waals surface area (Å²) in [5, 5.41) is 0. The van der Waals surface area contributed by atoms with Crippen molar-refractivity contribution in [3.63, 3.8) is 0 Å². The van der Waals surface area contributed by atoms with E-state index in [2.05, 4.69) is 4.74 Å². The predicted molar refractivity (Wildman–Crippen MR) is 63.8 cm³/mol. The molecule has 1 rings (SSSR count). The van der Waals surface area contributed by atoms with E-state index < -0.39 is 37.1 Å². The van der Waals surface area contributed by atoms with Crippen molar-refractivity contribution in [3.8, 4) is 0 Å². The third-order valence-corrected chi connectivity index (χ3v) is 2.27. The van der Waals surface area contributed by atoms with Crippen molar-refractivity contribution in [2.45, 2.75) is 52.0 Å². The van der Waals surface area contributed by atoms with Crippen LogP contribution in [0.3, 0.4) is 0 Å². The molecule has 0 aliphatic carbocycles. The first-order valence-electron chi connectivity index (χ1n) is 7.92. The fourth-order valence-electron chi connectivity index (χ4n) is 1.62. The van der Waals surface area contributed by atoms with E-state index in [1.165, 1.54) is 0 Å². The fraction of sp³-hybridized carbons (Fsp3) is 0.917. The molecule has 0 radical (unpaired) electrons. The summed E-state index contributed by atoms with van der Waals surface area (Å²) in [5.74, 6) is 0. The minimum Gasteiger partial charge on any atom is -0.444 e. The molecule has 17 heavy (non-hydrogen) atoms. The maximum atomic E-state index is 12.4. The molecule has 0 saturated carbocycles. The zero-order valence-corrected chi connectivity index (χ0v) is 10.9. The van der Waals surface area contributed by atoms with Gasteiger partial charge in [-0.25, -0.2) is 4.79 Å². The first-order valence-corrected chi connectivity index (χ1v) is 5.42. The van der Waals surface area contributed by atoms with Gasteiger partial charge in [-0.15, -0.1) is 0 Å². The Bertz CT molecular complexity index is 430. The van der Waals surface area contributed by atoms with Gasteiger partial charge in [0, 0.05) is 7.04 Å². The SMILES string of the molecule is [2H]C([2H])([2H])OC([2H])([2H])[C@@H]1COC(C)(C)N1C(=O)OC(C)(C)C. The second-order valence-electron chi connectivity index (χ2n) is 5.34. The zero-order valence-electron chi connectivity index (χ0n) is 15.9. The quantitative estimate of drug-likeness (QED) is 0.752. The van der Waals surface area contributed by atoms with Crippen LogP contribution in [-0.4, -0.2) is 48.6 Å². The van der Waals surface area contributed by atoms with Gasteiger partial charge in [0.05, 0.1) is 26.1 Å². The summed E-state index contributed by atoms with van der Waals surface area (Å²) >= 11 is 0. The molecule has 0 unspecified atom stereocenters. The van der Waals surface area contributed by atoms with Gasteiger partial charge in [0.2, 0.25) is 0 Å². The van der Waals surface area contributed by atoms with E-state index in [-0.39, 0.29) is 6.61 Å². The van der Waals surface area contributed by atoms with Crippen molar-refractivity contribution >= 4 is 6.09 Å². The first kappa shape index (κ1) is 8.32. The summed E-state index contributed by atoms with van der Waals surface area (Å²) in [7, 11) is -2.93. The van der Waals surface area contributed by atoms with Crippen LogP contribution < -0.4 is 0 Å². The van der Waals surface area contributed by atoms with Gasteiger partial charge in [-0.2, -0.15) is 0 Å². The van der Waals surface area contributed by atoms with Gasteiger partial charge < -0.3 is 14.2 Å². The Morgan fingerprint density at radius 3 is 2.82 bits per heavy atom. The van der Waals surface area contributed by atoms with Crippen molar-refractivity contribution in [1.29, 1.82) is 0 Å². The van der Waals surface area contributed by atoms with Gasteiger partial charge >= 0.3 is 6.09 Å². The smallest absolute Gasteiger partial charge is 0.412 e. The first-order chi connectivity index (χ1) is 9.55. The molecule has 1 atom stereocenters. The van der Waals surface area contributed by atoms with Crippen LogP contribution in [0.2, 0.25) is 0 Å². The fourth-order valence-corrected chi connectivity index (χ4v) is 1.62. The normalized spacial score (nSPS) is 29.8. The molecule has 0 aromatic rings. The molecule has 0 bridgehead atoms. The number of hydrogen-bond donors (Lipinski definition) is 0. The van der Waals surface area contributed by atoms with E-state index in [4.69, 9.17) is 16.3 Å². The van der Waals surface area contributed by atoms with Crippen LogP contribution in [0.5, 0.6) is 0 Å². The second kappa shape index (κ2) is 4.82. The third-order valence-electron chi connectivity index (χ3n) is 2.27. The van der Waals surface area contributed by atoms with Crippen LogP contribution in [0.25, 0.3) is 0 Å². The molecule has 0 aromatic carbocycles. The molecule has 100 valence electrons. The van der Waals surface area contributed by atoms with Crippen LogP contribution in [0, 0.1) is 0 Å². The molecule has 5 heteroatoms. The van der Waals surface area contributed by atoms with Crippen LogP contribution in [0.15, 0.2) is 0 Å². The van der Waals surface area contributed by atoms with E-state index in [1.807, 2.05) is 0 Å². The molecule has 1 saturated heterocycles. The summed E-state index contributed by atoms with van der Waals surface area (Å²) in [6.07, 6.45) is -0.794. The molecule has 1 heterocycles. The predicted octanol–water partition coefficient (Wildman–Crippen LogP) is 2.00. The molecule has 0 N–H and O–H groups in total. The van der Waals surface area contributed by atoms with Gasteiger partial charge in [0.15, 0.2) is 0 Å². The summed E-state index contributed by atoms with van der Waals surface area (Å²) in [6, 6.07) is -1.24. The average Bonchev–Trinajstić information content (AvgIpc) is 2.47. The number of amides is 1. The second-order valence-corrected chi connectivity index (χ2v) is 5.34. The van der Waals surface area contributed by atoms with Crippen LogP contribution in [0.1, 0.15) is 41.5 Å². The van der Waals surface area contributed by atoms with E-state index in [0.29, 0.717) is 0 Å². The lowest BCUT2D eigenvalue weighted by Gasteiger charge is -2.34. The maximum Gasteiger partial charge on any atom is 0.412 e. The van der Waals surface area contributed by atoms with Gasteiger partial charge in [-0.3, -0.25) is 4.90 Å². The molecular weight excluding hydrogens is 222 g/mol. The van der Waals surface area contributed by atoms with Crippen LogP contribution in [-0.2, 0) is 14.2 Å². The summed E-state index contributed by atoms with van der Waals surface area (Å²) in [5.41, 5.74) is -1.92. The van der Waals surface area contributed by atoms with Gasteiger partial charge in [0.25, 0.3) is 0 Å². The highest BCUT2D eigenvalue weighted by Gasteiger charge is 2.45. The van der Waals surface area contributed by atoms with Crippen LogP contribution >= 0.6 is 0 Å². The molecule has 1 aliphatic heterocycles. The monoisotopic (exact) mass is 250 g/mol. The molecular formula is C12H23NO4. The standard InChI is InChI=1S/C12H23NO4/c1-11(2,3)17-10(14)13-9(7-15-6)8-16-12(13,4)5/h9H,7-8H2,1-6H3/t9-/m1/s1/i6D3,7D2. The Labute approximate surface area is 110 Å². The Hall–Kier alpha value is -0.810. The zero-order chi connectivity index (χ0) is 17.6. The molecule has 0 spiro atoms. The number of methoxy groups -OCH3 is 1. The molecule has 1 amide bonds. The molecule has 1 aliphatic rings. The largest absolute Gasteiger partial charge is 0.444 e. The minimum atomic E-state index is -2.93. The molecule has 1 fully saturated rings. The van der Waals surface area contributed by atoms with E-state index in [0.717, 1.165) is 4.90 Å². The van der Waals surface area contributed by atoms with Crippen molar-refractivity contribution in [3.05, 3.63) is 0 Å². The van der Waals surface area contributed by atoms with Crippen molar-refractivity contribution in [2.24, 2.45) is 0 Å². The highest BCUT2D eigenvalue weighted by Crippen LogP contribution is 2.29. The van der Waals surface area contributed by atoms with Crippen molar-refractivity contribution in [1.82, 2.24) is 4.90 Å². The minimum absolute atomic E-state index is 0.199. The number of carbonyl (C=O) groups is 1. The van der Waals surface area contributed by atoms with E-state index >= 15 is 0 Å². The highest BCUT2D eigenvalue weighted by atomic mass is 16.6. The number of rotatable bonds is 2. The molecule has 5 nitrogen and oxygen atoms in total. The maximum absolute atomic E-state index is 12.4. The average molecular weight is 250 g/mol. The van der Waals surface area contributed by atoms with Crippen LogP contribution in [0.4, 0.5) is 4.79 Å². The summed E-state index contributed by atoms with van der Waals surface area (Å²) in [4.78, 5) is 13.4. The Morgan fingerprint density at radius 1 is 1.65 bits per heavy atom. The van der Waals surface area contributed by atoms with E-state index in [1.54, 1.807) is 34.6 Å². The Kier molecular flexibility index (Phi) is 2.36. The van der Waals surface area contributed by atoms with E-state index in [9.17, 15) is 4.79 Å². The number of ether oxygens (including phenoxy) is 3. The number of hydrogen-bond acceptors (Lipinski definition) is 4. The van der Waals surface area contributed by atoms with Crippen molar-refractivity contribution < 1.29 is 25.9 Å². The molecule has 0 aromatic heterocycles. The number of nitrogens with zero attached hydrogens (tertiary/aromatic N) is 1. The summed E-state index contributed by atoms with van der Waals surface area (Å²) in [6.45, 7) is 5.36. The Balaban J connectivity index is 3.06. The highest BCUT2D eigenvalue weighted by molar-refractivity contribution is 5.69. The summed E-state index contributed by atoms with van der Waals surface area (Å²) < 4.78 is 52.1. The van der Waals surface area contributed by atoms with Gasteiger partial charge in [-0.1, -0.05) is 0 Å². The Morgan fingerprint density at radius 2 is 2.29 bits per heavy atom. The lowest BCUT2D eigenvalue weighted by atomic mass is 10.2. The number of carbonyl (C=O) groups excluding carboxylic acids is 1. The lowest BCUT2D eigenvalue weighted by molar-refractivity contribution is -0.0647. The van der Waals surface area contributed by atoms with Gasteiger partial charge in [-0.05, 0) is 34.6 Å². The lowest BCUT2D eigenvalue weighted by Crippen LogP contribution is -2.51.